The van der Waals surface area contributed by atoms with Crippen LogP contribution in [0.25, 0.3) is 0 Å². The zero-order chi connectivity index (χ0) is 19.5. The Hall–Kier alpha value is -2.80. The first-order valence-electron chi connectivity index (χ1n) is 9.40. The number of aryl methyl sites for hydroxylation is 1. The molecule has 0 aromatic heterocycles. The highest BCUT2D eigenvalue weighted by Crippen LogP contribution is 2.31. The van der Waals surface area contributed by atoms with Crippen molar-refractivity contribution in [1.82, 2.24) is 9.80 Å². The van der Waals surface area contributed by atoms with Crippen molar-refractivity contribution in [2.24, 2.45) is 0 Å². The molecule has 1 atom stereocenters. The molecule has 0 saturated carbocycles. The summed E-state index contributed by atoms with van der Waals surface area (Å²) in [6, 6.07) is 15.5. The molecule has 2 aromatic carbocycles. The first kappa shape index (κ1) is 18.6. The largest absolute Gasteiger partial charge is 0.485 e. The van der Waals surface area contributed by atoms with Gasteiger partial charge in [-0.1, -0.05) is 30.3 Å². The highest BCUT2D eigenvalue weighted by molar-refractivity contribution is 7.80. The van der Waals surface area contributed by atoms with Crippen LogP contribution in [0.15, 0.2) is 48.5 Å². The molecule has 4 rings (SSSR count). The fraction of sp³-hybridized carbons (Fsp3) is 0.333. The molecule has 2 aliphatic rings. The van der Waals surface area contributed by atoms with E-state index in [1.807, 2.05) is 60.4 Å². The number of fused-ring (bicyclic) bond motifs is 1. The van der Waals surface area contributed by atoms with Crippen molar-refractivity contribution < 1.29 is 14.3 Å². The summed E-state index contributed by atoms with van der Waals surface area (Å²) in [6.07, 6.45) is -0.599. The van der Waals surface area contributed by atoms with Gasteiger partial charge in [0, 0.05) is 31.9 Å². The minimum Gasteiger partial charge on any atom is -0.485 e. The lowest BCUT2D eigenvalue weighted by Gasteiger charge is -2.38. The number of para-hydroxylation sites is 3. The second-order valence-corrected chi connectivity index (χ2v) is 7.31. The Labute approximate surface area is 170 Å². The fourth-order valence-corrected chi connectivity index (χ4v) is 3.67. The van der Waals surface area contributed by atoms with Gasteiger partial charge in [0.1, 0.15) is 6.61 Å². The van der Waals surface area contributed by atoms with Crippen molar-refractivity contribution >= 4 is 28.9 Å². The second kappa shape index (κ2) is 8.06. The van der Waals surface area contributed by atoms with E-state index < -0.39 is 6.10 Å². The van der Waals surface area contributed by atoms with Crippen LogP contribution < -0.4 is 14.8 Å². The first-order chi connectivity index (χ1) is 13.6. The summed E-state index contributed by atoms with van der Waals surface area (Å²) in [5, 5.41) is 4.00. The van der Waals surface area contributed by atoms with Gasteiger partial charge in [-0.2, -0.15) is 0 Å². The number of hydrogen-bond donors (Lipinski definition) is 1. The molecular formula is C21H23N3O3S. The third kappa shape index (κ3) is 3.89. The second-order valence-electron chi connectivity index (χ2n) is 6.92. The average molecular weight is 398 g/mol. The molecule has 1 amide bonds. The number of thiocarbonyl (C=S) groups is 1. The normalized spacial score (nSPS) is 18.5. The third-order valence-corrected chi connectivity index (χ3v) is 5.41. The van der Waals surface area contributed by atoms with Gasteiger partial charge in [0.15, 0.2) is 16.6 Å². The van der Waals surface area contributed by atoms with Crippen molar-refractivity contribution in [2.45, 2.75) is 13.0 Å². The zero-order valence-corrected chi connectivity index (χ0v) is 16.6. The van der Waals surface area contributed by atoms with Crippen molar-refractivity contribution in [1.29, 1.82) is 0 Å². The molecule has 6 nitrogen and oxygen atoms in total. The SMILES string of the molecule is Cc1ccccc1NC(=S)N1CCN(C(=O)[C@H]2COc3ccccc3O2)CC1. The molecule has 0 aliphatic carbocycles. The number of anilines is 1. The summed E-state index contributed by atoms with van der Waals surface area (Å²) in [6.45, 7) is 4.88. The summed E-state index contributed by atoms with van der Waals surface area (Å²) < 4.78 is 11.5. The number of benzene rings is 2. The van der Waals surface area contributed by atoms with E-state index >= 15 is 0 Å². The van der Waals surface area contributed by atoms with Gasteiger partial charge in [-0.05, 0) is 42.9 Å². The minimum atomic E-state index is -0.599. The molecule has 1 fully saturated rings. The van der Waals surface area contributed by atoms with E-state index in [1.54, 1.807) is 0 Å². The number of carbonyl (C=O) groups is 1. The number of nitrogens with zero attached hydrogens (tertiary/aromatic N) is 2. The van der Waals surface area contributed by atoms with Crippen LogP contribution >= 0.6 is 12.2 Å². The van der Waals surface area contributed by atoms with Gasteiger partial charge in [0.25, 0.3) is 5.91 Å². The quantitative estimate of drug-likeness (QED) is 0.787. The Kier molecular flexibility index (Phi) is 5.34. The molecule has 146 valence electrons. The molecule has 2 heterocycles. The van der Waals surface area contributed by atoms with Gasteiger partial charge in [0.05, 0.1) is 0 Å². The van der Waals surface area contributed by atoms with E-state index in [2.05, 4.69) is 10.2 Å². The molecular weight excluding hydrogens is 374 g/mol. The summed E-state index contributed by atoms with van der Waals surface area (Å²) in [5.74, 6) is 1.27. The number of carbonyl (C=O) groups excluding carboxylic acids is 1. The van der Waals surface area contributed by atoms with Crippen LogP contribution in [0.4, 0.5) is 5.69 Å². The Balaban J connectivity index is 1.31. The van der Waals surface area contributed by atoms with E-state index in [0.717, 1.165) is 11.3 Å². The summed E-state index contributed by atoms with van der Waals surface area (Å²) in [5.41, 5.74) is 2.16. The number of rotatable bonds is 2. The predicted molar refractivity (Wildman–Crippen MR) is 112 cm³/mol. The minimum absolute atomic E-state index is 0.0352. The summed E-state index contributed by atoms with van der Waals surface area (Å²) in [7, 11) is 0. The monoisotopic (exact) mass is 397 g/mol. The highest BCUT2D eigenvalue weighted by atomic mass is 32.1. The van der Waals surface area contributed by atoms with Crippen molar-refractivity contribution in [3.63, 3.8) is 0 Å². The molecule has 1 N–H and O–H groups in total. The number of hydrogen-bond acceptors (Lipinski definition) is 4. The molecule has 2 aliphatic heterocycles. The average Bonchev–Trinajstić information content (AvgIpc) is 2.74. The van der Waals surface area contributed by atoms with E-state index in [0.29, 0.717) is 42.8 Å². The third-order valence-electron chi connectivity index (χ3n) is 5.05. The number of nitrogens with one attached hydrogen (secondary N) is 1. The lowest BCUT2D eigenvalue weighted by atomic mass is 10.2. The first-order valence-corrected chi connectivity index (χ1v) is 9.81. The van der Waals surface area contributed by atoms with Crippen LogP contribution in [0, 0.1) is 6.92 Å². The van der Waals surface area contributed by atoms with Crippen LogP contribution in [-0.2, 0) is 4.79 Å². The van der Waals surface area contributed by atoms with E-state index in [9.17, 15) is 4.79 Å². The highest BCUT2D eigenvalue weighted by Gasteiger charge is 2.33. The van der Waals surface area contributed by atoms with Crippen LogP contribution in [0.3, 0.4) is 0 Å². The molecule has 0 unspecified atom stereocenters. The fourth-order valence-electron chi connectivity index (χ4n) is 3.38. The van der Waals surface area contributed by atoms with Crippen LogP contribution in [0.5, 0.6) is 11.5 Å². The van der Waals surface area contributed by atoms with Gasteiger partial charge in [-0.25, -0.2) is 0 Å². The summed E-state index contributed by atoms with van der Waals surface area (Å²) >= 11 is 5.56. The van der Waals surface area contributed by atoms with Crippen LogP contribution in [0.2, 0.25) is 0 Å². The van der Waals surface area contributed by atoms with Crippen LogP contribution in [0.1, 0.15) is 5.56 Å². The topological polar surface area (TPSA) is 54.0 Å². The molecule has 1 saturated heterocycles. The Morgan fingerprint density at radius 2 is 1.64 bits per heavy atom. The van der Waals surface area contributed by atoms with Gasteiger partial charge in [0.2, 0.25) is 6.10 Å². The van der Waals surface area contributed by atoms with Crippen LogP contribution in [-0.4, -0.2) is 59.7 Å². The number of piperazine rings is 1. The maximum absolute atomic E-state index is 12.8. The molecule has 0 radical (unpaired) electrons. The van der Waals surface area contributed by atoms with E-state index in [-0.39, 0.29) is 12.5 Å². The van der Waals surface area contributed by atoms with Gasteiger partial charge in [-0.3, -0.25) is 4.79 Å². The predicted octanol–water partition coefficient (Wildman–Crippen LogP) is 2.68. The molecule has 2 aromatic rings. The smallest absolute Gasteiger partial charge is 0.267 e. The lowest BCUT2D eigenvalue weighted by Crippen LogP contribution is -2.55. The zero-order valence-electron chi connectivity index (χ0n) is 15.8. The molecule has 7 heteroatoms. The molecule has 0 spiro atoms. The Bertz CT molecular complexity index is 881. The van der Waals surface area contributed by atoms with Crippen molar-refractivity contribution in [3.8, 4) is 11.5 Å². The number of amides is 1. The maximum atomic E-state index is 12.8. The Morgan fingerprint density at radius 3 is 2.39 bits per heavy atom. The Morgan fingerprint density at radius 1 is 1.00 bits per heavy atom. The van der Waals surface area contributed by atoms with Gasteiger partial charge < -0.3 is 24.6 Å². The van der Waals surface area contributed by atoms with Gasteiger partial charge >= 0.3 is 0 Å². The van der Waals surface area contributed by atoms with Crippen molar-refractivity contribution in [2.75, 3.05) is 38.1 Å². The maximum Gasteiger partial charge on any atom is 0.267 e. The van der Waals surface area contributed by atoms with Gasteiger partial charge in [-0.15, -0.1) is 0 Å². The van der Waals surface area contributed by atoms with E-state index in [1.165, 1.54) is 0 Å². The van der Waals surface area contributed by atoms with Crippen molar-refractivity contribution in [3.05, 3.63) is 54.1 Å². The van der Waals surface area contributed by atoms with E-state index in [4.69, 9.17) is 21.7 Å². The molecule has 28 heavy (non-hydrogen) atoms. The lowest BCUT2D eigenvalue weighted by molar-refractivity contribution is -0.142. The summed E-state index contributed by atoms with van der Waals surface area (Å²) in [4.78, 5) is 16.8. The molecule has 0 bridgehead atoms. The standard InChI is InChI=1S/C21H23N3O3S/c1-15-6-2-3-7-16(15)22-21(28)24-12-10-23(11-13-24)20(25)19-14-26-17-8-4-5-9-18(17)27-19/h2-9,19H,10-14H2,1H3,(H,22,28)/t19-/m1/s1. The number of ether oxygens (including phenoxy) is 2.